The maximum Gasteiger partial charge on any atom is 0.228 e. The van der Waals surface area contributed by atoms with Gasteiger partial charge in [-0.25, -0.2) is 4.98 Å². The fourth-order valence-corrected chi connectivity index (χ4v) is 2.85. The zero-order valence-corrected chi connectivity index (χ0v) is 13.6. The Kier molecular flexibility index (Phi) is 3.50. The Morgan fingerprint density at radius 3 is 2.79 bits per heavy atom. The number of anilines is 2. The number of fused-ring (bicyclic) bond motifs is 2. The van der Waals surface area contributed by atoms with Crippen molar-refractivity contribution in [1.29, 1.82) is 0 Å². The molecule has 2 aromatic carbocycles. The number of hydrogen-bond acceptors (Lipinski definition) is 4. The summed E-state index contributed by atoms with van der Waals surface area (Å²) in [6.07, 6.45) is 1.67. The van der Waals surface area contributed by atoms with E-state index < -0.39 is 0 Å². The number of rotatable bonds is 3. The van der Waals surface area contributed by atoms with Gasteiger partial charge in [0.15, 0.2) is 0 Å². The van der Waals surface area contributed by atoms with Crippen LogP contribution in [0.25, 0.3) is 22.0 Å². The predicted molar refractivity (Wildman–Crippen MR) is 99.4 cm³/mol. The molecule has 4 aromatic rings. The summed E-state index contributed by atoms with van der Waals surface area (Å²) in [7, 11) is 1.81. The van der Waals surface area contributed by atoms with Gasteiger partial charge in [0.25, 0.3) is 0 Å². The highest BCUT2D eigenvalue weighted by Gasteiger charge is 2.11. The fraction of sp³-hybridized carbons (Fsp3) is 0.100. The first-order chi connectivity index (χ1) is 11.8. The maximum atomic E-state index is 5.51. The van der Waals surface area contributed by atoms with Crippen LogP contribution in [0.3, 0.4) is 0 Å². The number of para-hydroxylation sites is 1. The number of pyridine rings is 1. The number of furan rings is 1. The molecule has 0 saturated heterocycles. The van der Waals surface area contributed by atoms with Crippen LogP contribution in [0.1, 0.15) is 12.5 Å². The Bertz CT molecular complexity index is 1060. The Labute approximate surface area is 139 Å². The molecule has 0 saturated carbocycles. The van der Waals surface area contributed by atoms with E-state index in [1.54, 1.807) is 13.3 Å². The van der Waals surface area contributed by atoms with E-state index in [0.717, 1.165) is 38.9 Å². The van der Waals surface area contributed by atoms with Gasteiger partial charge in [0, 0.05) is 23.8 Å². The number of benzene rings is 2. The highest BCUT2D eigenvalue weighted by atomic mass is 16.3. The Balaban J connectivity index is 1.88. The molecule has 0 fully saturated rings. The summed E-state index contributed by atoms with van der Waals surface area (Å²) in [6.45, 7) is 2.01. The third-order valence-corrected chi connectivity index (χ3v) is 4.19. The van der Waals surface area contributed by atoms with Crippen molar-refractivity contribution >= 4 is 39.1 Å². The lowest BCUT2D eigenvalue weighted by molar-refractivity contribution is 0.605. The monoisotopic (exact) mass is 315 g/mol. The Morgan fingerprint density at radius 1 is 1.04 bits per heavy atom. The molecule has 1 N–H and O–H groups in total. The van der Waals surface area contributed by atoms with Crippen molar-refractivity contribution in [3.8, 4) is 0 Å². The van der Waals surface area contributed by atoms with Gasteiger partial charge in [-0.1, -0.05) is 30.3 Å². The van der Waals surface area contributed by atoms with Crippen molar-refractivity contribution in [3.05, 3.63) is 66.4 Å². The van der Waals surface area contributed by atoms with Crippen LogP contribution >= 0.6 is 0 Å². The smallest absolute Gasteiger partial charge is 0.228 e. The average molecular weight is 315 g/mol. The van der Waals surface area contributed by atoms with Gasteiger partial charge in [0.05, 0.1) is 22.9 Å². The zero-order chi connectivity index (χ0) is 16.5. The van der Waals surface area contributed by atoms with E-state index in [2.05, 4.69) is 33.5 Å². The molecule has 0 aliphatic heterocycles. The predicted octanol–water partition coefficient (Wildman–Crippen LogP) is 5.16. The lowest BCUT2D eigenvalue weighted by Crippen LogP contribution is -1.98. The molecular formula is C20H17N3O. The van der Waals surface area contributed by atoms with Crippen LogP contribution in [0.2, 0.25) is 0 Å². The van der Waals surface area contributed by atoms with Gasteiger partial charge in [-0.3, -0.25) is 4.99 Å². The standard InChI is InChI=1S/C20H17N3O/c1-13(21-2)14-6-5-7-15(12-14)22-19-16-8-3-4-9-18(16)23-20-17(19)10-11-24-20/h3-12H,1-2H3,(H,22,23). The number of nitrogens with zero attached hydrogens (tertiary/aromatic N) is 2. The molecule has 0 unspecified atom stereocenters. The third-order valence-electron chi connectivity index (χ3n) is 4.19. The maximum absolute atomic E-state index is 5.51. The molecule has 0 bridgehead atoms. The van der Waals surface area contributed by atoms with Crippen LogP contribution < -0.4 is 5.32 Å². The van der Waals surface area contributed by atoms with Gasteiger partial charge >= 0.3 is 0 Å². The molecule has 24 heavy (non-hydrogen) atoms. The van der Waals surface area contributed by atoms with E-state index >= 15 is 0 Å². The van der Waals surface area contributed by atoms with Crippen LogP contribution in [0.4, 0.5) is 11.4 Å². The van der Waals surface area contributed by atoms with Gasteiger partial charge < -0.3 is 9.73 Å². The molecule has 0 spiro atoms. The number of hydrogen-bond donors (Lipinski definition) is 1. The van der Waals surface area contributed by atoms with Crippen molar-refractivity contribution in [3.63, 3.8) is 0 Å². The Morgan fingerprint density at radius 2 is 1.92 bits per heavy atom. The molecule has 4 nitrogen and oxygen atoms in total. The van der Waals surface area contributed by atoms with Gasteiger partial charge in [-0.05, 0) is 36.8 Å². The van der Waals surface area contributed by atoms with Gasteiger partial charge in [0.1, 0.15) is 0 Å². The first-order valence-electron chi connectivity index (χ1n) is 7.83. The molecule has 2 heterocycles. The molecule has 0 radical (unpaired) electrons. The summed E-state index contributed by atoms with van der Waals surface area (Å²) in [6, 6.07) is 18.2. The summed E-state index contributed by atoms with van der Waals surface area (Å²) in [5.74, 6) is 0. The molecule has 4 rings (SSSR count). The van der Waals surface area contributed by atoms with Crippen LogP contribution in [-0.2, 0) is 0 Å². The first kappa shape index (κ1) is 14.5. The van der Waals surface area contributed by atoms with Gasteiger partial charge in [0.2, 0.25) is 5.71 Å². The minimum atomic E-state index is 0.638. The quantitative estimate of drug-likeness (QED) is 0.531. The topological polar surface area (TPSA) is 50.4 Å². The minimum absolute atomic E-state index is 0.638. The van der Waals surface area contributed by atoms with E-state index in [0.29, 0.717) is 5.71 Å². The summed E-state index contributed by atoms with van der Waals surface area (Å²) in [4.78, 5) is 8.84. The van der Waals surface area contributed by atoms with Crippen LogP contribution in [0.15, 0.2) is 70.3 Å². The van der Waals surface area contributed by atoms with Crippen molar-refractivity contribution < 1.29 is 4.42 Å². The van der Waals surface area contributed by atoms with E-state index in [1.807, 2.05) is 43.3 Å². The summed E-state index contributed by atoms with van der Waals surface area (Å²) >= 11 is 0. The van der Waals surface area contributed by atoms with Crippen molar-refractivity contribution in [1.82, 2.24) is 4.98 Å². The average Bonchev–Trinajstić information content (AvgIpc) is 3.09. The largest absolute Gasteiger partial charge is 0.446 e. The van der Waals surface area contributed by atoms with E-state index in [1.165, 1.54) is 0 Å². The van der Waals surface area contributed by atoms with Crippen LogP contribution in [0.5, 0.6) is 0 Å². The van der Waals surface area contributed by atoms with Crippen molar-refractivity contribution in [2.45, 2.75) is 6.92 Å². The minimum Gasteiger partial charge on any atom is -0.446 e. The lowest BCUT2D eigenvalue weighted by Gasteiger charge is -2.12. The Hall–Kier alpha value is -3.14. The van der Waals surface area contributed by atoms with Crippen molar-refractivity contribution in [2.24, 2.45) is 4.99 Å². The molecule has 0 amide bonds. The fourth-order valence-electron chi connectivity index (χ4n) is 2.85. The SMILES string of the molecule is CN=C(C)c1cccc(Nc2c3ccccc3nc3occc23)c1. The number of aromatic nitrogens is 1. The van der Waals surface area contributed by atoms with Crippen LogP contribution in [0, 0.1) is 0 Å². The van der Waals surface area contributed by atoms with Crippen LogP contribution in [-0.4, -0.2) is 17.7 Å². The van der Waals surface area contributed by atoms with Gasteiger partial charge in [-0.15, -0.1) is 0 Å². The number of nitrogens with one attached hydrogen (secondary N) is 1. The second kappa shape index (κ2) is 5.81. The molecule has 2 aromatic heterocycles. The molecular weight excluding hydrogens is 298 g/mol. The van der Waals surface area contributed by atoms with E-state index in [4.69, 9.17) is 4.42 Å². The molecule has 0 aliphatic carbocycles. The zero-order valence-electron chi connectivity index (χ0n) is 13.6. The third kappa shape index (κ3) is 2.42. The van der Waals surface area contributed by atoms with E-state index in [9.17, 15) is 0 Å². The lowest BCUT2D eigenvalue weighted by atomic mass is 10.1. The number of aliphatic imine (C=N–C) groups is 1. The van der Waals surface area contributed by atoms with E-state index in [-0.39, 0.29) is 0 Å². The summed E-state index contributed by atoms with van der Waals surface area (Å²) in [5, 5.41) is 5.58. The normalized spacial score (nSPS) is 12.0. The summed E-state index contributed by atoms with van der Waals surface area (Å²) < 4.78 is 5.51. The second-order valence-electron chi connectivity index (χ2n) is 5.66. The molecule has 0 atom stereocenters. The highest BCUT2D eigenvalue weighted by molar-refractivity contribution is 6.07. The molecule has 0 aliphatic rings. The molecule has 118 valence electrons. The first-order valence-corrected chi connectivity index (χ1v) is 7.83. The van der Waals surface area contributed by atoms with Crippen molar-refractivity contribution in [2.75, 3.05) is 12.4 Å². The molecule has 4 heteroatoms. The van der Waals surface area contributed by atoms with Gasteiger partial charge in [-0.2, -0.15) is 0 Å². The summed E-state index contributed by atoms with van der Waals surface area (Å²) in [5.41, 5.74) is 5.67. The second-order valence-corrected chi connectivity index (χ2v) is 5.66. The highest BCUT2D eigenvalue weighted by Crippen LogP contribution is 2.33.